The molecule has 0 spiro atoms. The zero-order valence-electron chi connectivity index (χ0n) is 13.1. The van der Waals surface area contributed by atoms with Crippen molar-refractivity contribution in [2.24, 2.45) is 0 Å². The van der Waals surface area contributed by atoms with Gasteiger partial charge in [-0.05, 0) is 31.0 Å². The lowest BCUT2D eigenvalue weighted by atomic mass is 9.97. The third kappa shape index (κ3) is 3.95. The standard InChI is InChI=1S/C16H20ClNO5/c1-22-13-6-5-11(17)8-10(13)9-14(20)18-7-3-4-12(19)15(18)16(21)23-2/h5-6,8,12,15,19H,3-4,7,9H2,1-2H3/t12-,15+/m0/s1. The SMILES string of the molecule is COC(=O)[C@H]1[C@@H](O)CCCN1C(=O)Cc1cc(Cl)ccc1OC. The summed E-state index contributed by atoms with van der Waals surface area (Å²) in [6, 6.07) is 4.06. The van der Waals surface area contributed by atoms with Crippen molar-refractivity contribution in [3.05, 3.63) is 28.8 Å². The maximum atomic E-state index is 12.6. The first kappa shape index (κ1) is 17.6. The van der Waals surface area contributed by atoms with Crippen molar-refractivity contribution in [1.82, 2.24) is 4.90 Å². The van der Waals surface area contributed by atoms with Gasteiger partial charge in [-0.2, -0.15) is 0 Å². The van der Waals surface area contributed by atoms with Gasteiger partial charge in [-0.15, -0.1) is 0 Å². The average molecular weight is 342 g/mol. The Labute approximate surface area is 139 Å². The number of hydrogen-bond donors (Lipinski definition) is 1. The maximum Gasteiger partial charge on any atom is 0.331 e. The number of esters is 1. The molecule has 1 aliphatic rings. The molecule has 0 aromatic heterocycles. The first-order chi connectivity index (χ1) is 11.0. The third-order valence-corrected chi connectivity index (χ3v) is 4.18. The first-order valence-electron chi connectivity index (χ1n) is 7.35. The molecular weight excluding hydrogens is 322 g/mol. The van der Waals surface area contributed by atoms with E-state index in [9.17, 15) is 14.7 Å². The molecule has 0 saturated carbocycles. The van der Waals surface area contributed by atoms with Crippen LogP contribution in [0.4, 0.5) is 0 Å². The number of carbonyl (C=O) groups excluding carboxylic acids is 2. The number of carbonyl (C=O) groups is 2. The second-order valence-corrected chi connectivity index (χ2v) is 5.83. The van der Waals surface area contributed by atoms with Crippen molar-refractivity contribution in [2.45, 2.75) is 31.4 Å². The molecule has 7 heteroatoms. The fraction of sp³-hybridized carbons (Fsp3) is 0.500. The van der Waals surface area contributed by atoms with Crippen LogP contribution in [0.15, 0.2) is 18.2 Å². The predicted molar refractivity (Wildman–Crippen MR) is 84.5 cm³/mol. The Morgan fingerprint density at radius 1 is 1.39 bits per heavy atom. The Hall–Kier alpha value is -1.79. The smallest absolute Gasteiger partial charge is 0.331 e. The topological polar surface area (TPSA) is 76.1 Å². The zero-order valence-corrected chi connectivity index (χ0v) is 13.9. The van der Waals surface area contributed by atoms with Crippen LogP contribution in [0.25, 0.3) is 0 Å². The van der Waals surface area contributed by atoms with Crippen molar-refractivity contribution in [2.75, 3.05) is 20.8 Å². The average Bonchev–Trinajstić information content (AvgIpc) is 2.54. The lowest BCUT2D eigenvalue weighted by Gasteiger charge is -2.37. The van der Waals surface area contributed by atoms with Gasteiger partial charge in [0.2, 0.25) is 5.91 Å². The molecule has 0 bridgehead atoms. The van der Waals surface area contributed by atoms with Crippen LogP contribution in [0.1, 0.15) is 18.4 Å². The van der Waals surface area contributed by atoms with E-state index in [-0.39, 0.29) is 12.3 Å². The van der Waals surface area contributed by atoms with Crippen LogP contribution >= 0.6 is 11.6 Å². The minimum Gasteiger partial charge on any atom is -0.496 e. The van der Waals surface area contributed by atoms with Crippen LogP contribution in [0.5, 0.6) is 5.75 Å². The van der Waals surface area contributed by atoms with Gasteiger partial charge in [0.15, 0.2) is 6.04 Å². The highest BCUT2D eigenvalue weighted by molar-refractivity contribution is 6.30. The molecule has 6 nitrogen and oxygen atoms in total. The fourth-order valence-corrected chi connectivity index (χ4v) is 3.00. The number of rotatable bonds is 4. The molecule has 2 rings (SSSR count). The van der Waals surface area contributed by atoms with Gasteiger partial charge < -0.3 is 19.5 Å². The molecule has 0 aliphatic carbocycles. The van der Waals surface area contributed by atoms with Crippen LogP contribution in [-0.4, -0.2) is 54.8 Å². The first-order valence-corrected chi connectivity index (χ1v) is 7.73. The number of aliphatic hydroxyl groups excluding tert-OH is 1. The summed E-state index contributed by atoms with van der Waals surface area (Å²) >= 11 is 5.97. The number of likely N-dealkylation sites (tertiary alicyclic amines) is 1. The highest BCUT2D eigenvalue weighted by atomic mass is 35.5. The molecule has 1 heterocycles. The maximum absolute atomic E-state index is 12.6. The van der Waals surface area contributed by atoms with E-state index in [1.54, 1.807) is 18.2 Å². The summed E-state index contributed by atoms with van der Waals surface area (Å²) in [7, 11) is 2.76. The number of methoxy groups -OCH3 is 2. The summed E-state index contributed by atoms with van der Waals surface area (Å²) in [4.78, 5) is 25.9. The number of piperidine rings is 1. The molecule has 1 N–H and O–H groups in total. The van der Waals surface area contributed by atoms with Gasteiger partial charge in [-0.3, -0.25) is 4.79 Å². The molecule has 1 saturated heterocycles. The summed E-state index contributed by atoms with van der Waals surface area (Å²) in [5.41, 5.74) is 0.633. The van der Waals surface area contributed by atoms with Crippen LogP contribution < -0.4 is 4.74 Å². The second-order valence-electron chi connectivity index (χ2n) is 5.40. The summed E-state index contributed by atoms with van der Waals surface area (Å²) in [6.45, 7) is 0.401. The van der Waals surface area contributed by atoms with Crippen LogP contribution in [0.3, 0.4) is 0 Å². The Morgan fingerprint density at radius 3 is 2.78 bits per heavy atom. The van der Waals surface area contributed by atoms with Crippen molar-refractivity contribution in [1.29, 1.82) is 0 Å². The van der Waals surface area contributed by atoms with E-state index < -0.39 is 18.1 Å². The van der Waals surface area contributed by atoms with Crippen molar-refractivity contribution in [3.63, 3.8) is 0 Å². The Morgan fingerprint density at radius 2 is 2.13 bits per heavy atom. The molecule has 1 amide bonds. The van der Waals surface area contributed by atoms with Gasteiger partial charge in [-0.25, -0.2) is 4.79 Å². The molecular formula is C16H20ClNO5. The van der Waals surface area contributed by atoms with Crippen molar-refractivity contribution in [3.8, 4) is 5.75 Å². The molecule has 1 aliphatic heterocycles. The quantitative estimate of drug-likeness (QED) is 0.838. The number of hydrogen-bond acceptors (Lipinski definition) is 5. The van der Waals surface area contributed by atoms with Gasteiger partial charge in [0.25, 0.3) is 0 Å². The highest BCUT2D eigenvalue weighted by Gasteiger charge is 2.39. The van der Waals surface area contributed by atoms with E-state index in [4.69, 9.17) is 21.1 Å². The van der Waals surface area contributed by atoms with E-state index >= 15 is 0 Å². The van der Waals surface area contributed by atoms with Gasteiger partial charge >= 0.3 is 5.97 Å². The van der Waals surface area contributed by atoms with Crippen LogP contribution in [-0.2, 0) is 20.7 Å². The van der Waals surface area contributed by atoms with Crippen molar-refractivity contribution >= 4 is 23.5 Å². The highest BCUT2D eigenvalue weighted by Crippen LogP contribution is 2.25. The Bertz CT molecular complexity index is 592. The van der Waals surface area contributed by atoms with E-state index in [1.807, 2.05) is 0 Å². The fourth-order valence-electron chi connectivity index (χ4n) is 2.81. The third-order valence-electron chi connectivity index (χ3n) is 3.95. The minimum absolute atomic E-state index is 0.0317. The summed E-state index contributed by atoms with van der Waals surface area (Å²) in [6.07, 6.45) is 0.211. The molecule has 0 unspecified atom stereocenters. The second kappa shape index (κ2) is 7.66. The zero-order chi connectivity index (χ0) is 17.0. The van der Waals surface area contributed by atoms with E-state index in [2.05, 4.69) is 0 Å². The summed E-state index contributed by atoms with van der Waals surface area (Å²) < 4.78 is 9.95. The monoisotopic (exact) mass is 341 g/mol. The van der Waals surface area contributed by atoms with Gasteiger partial charge in [0, 0.05) is 17.1 Å². The van der Waals surface area contributed by atoms with Gasteiger partial charge in [-0.1, -0.05) is 11.6 Å². The van der Waals surface area contributed by atoms with E-state index in [0.29, 0.717) is 35.7 Å². The molecule has 0 radical (unpaired) electrons. The lowest BCUT2D eigenvalue weighted by molar-refractivity contribution is -0.160. The molecule has 1 fully saturated rings. The summed E-state index contributed by atoms with van der Waals surface area (Å²) in [5, 5.41) is 10.6. The summed E-state index contributed by atoms with van der Waals surface area (Å²) in [5.74, 6) is -0.335. The number of aliphatic hydroxyl groups is 1. The molecule has 1 aromatic carbocycles. The van der Waals surface area contributed by atoms with Crippen molar-refractivity contribution < 1.29 is 24.2 Å². The number of ether oxygens (including phenoxy) is 2. The van der Waals surface area contributed by atoms with E-state index in [0.717, 1.165) is 0 Å². The normalized spacial score (nSPS) is 21.0. The van der Waals surface area contributed by atoms with E-state index in [1.165, 1.54) is 19.1 Å². The molecule has 23 heavy (non-hydrogen) atoms. The molecule has 126 valence electrons. The number of benzene rings is 1. The molecule has 1 aromatic rings. The Kier molecular flexibility index (Phi) is 5.85. The molecule has 2 atom stereocenters. The predicted octanol–water partition coefficient (Wildman–Crippen LogP) is 1.42. The van der Waals surface area contributed by atoms with Gasteiger partial charge in [0.1, 0.15) is 5.75 Å². The number of halogens is 1. The lowest BCUT2D eigenvalue weighted by Crippen LogP contribution is -2.55. The van der Waals surface area contributed by atoms with Crippen LogP contribution in [0, 0.1) is 0 Å². The Balaban J connectivity index is 2.21. The number of amides is 1. The van der Waals surface area contributed by atoms with Gasteiger partial charge in [0.05, 0.1) is 26.7 Å². The van der Waals surface area contributed by atoms with Crippen LogP contribution in [0.2, 0.25) is 5.02 Å². The minimum atomic E-state index is -0.966. The largest absolute Gasteiger partial charge is 0.496 e. The number of nitrogens with zero attached hydrogens (tertiary/aromatic N) is 1.